The number of aliphatic hydroxyl groups is 7. The van der Waals surface area contributed by atoms with Crippen molar-refractivity contribution in [2.45, 2.75) is 198 Å². The summed E-state index contributed by atoms with van der Waals surface area (Å²) in [5.74, 6) is 5.83. The summed E-state index contributed by atoms with van der Waals surface area (Å²) in [5, 5.41) is 71.7. The zero-order valence-electron chi connectivity index (χ0n) is 35.5. The fourth-order valence-corrected chi connectivity index (χ4v) is 13.7. The molecule has 0 unspecified atom stereocenters. The van der Waals surface area contributed by atoms with Crippen molar-refractivity contribution in [1.29, 1.82) is 0 Å². The minimum Gasteiger partial charge on any atom is -0.394 e. The fraction of sp³-hybridized carbons (Fsp3) is 0.956. The maximum Gasteiger partial charge on any atom is 0.187 e. The monoisotopic (exact) mass is 827 g/mol. The van der Waals surface area contributed by atoms with E-state index in [9.17, 15) is 35.7 Å². The molecule has 6 rings (SSSR count). The molecule has 0 amide bonds. The van der Waals surface area contributed by atoms with Gasteiger partial charge in [0.1, 0.15) is 54.3 Å². The molecule has 0 aromatic carbocycles. The van der Waals surface area contributed by atoms with Crippen LogP contribution >= 0.6 is 11.8 Å². The van der Waals surface area contributed by atoms with Gasteiger partial charge in [-0.05, 0) is 116 Å². The number of fused-ring (bicyclic) bond motifs is 5. The zero-order chi connectivity index (χ0) is 41.1. The summed E-state index contributed by atoms with van der Waals surface area (Å²) in [6.45, 7) is 12.2. The van der Waals surface area contributed by atoms with Crippen molar-refractivity contribution >= 4 is 11.8 Å². The molecule has 0 spiro atoms. The average molecular weight is 827 g/mol. The number of aliphatic hydroxyl groups excluding tert-OH is 7. The van der Waals surface area contributed by atoms with Crippen molar-refractivity contribution in [3.63, 3.8) is 0 Å². The van der Waals surface area contributed by atoms with E-state index in [2.05, 4.69) is 40.7 Å². The normalized spacial score (nSPS) is 45.3. The van der Waals surface area contributed by atoms with Crippen LogP contribution in [0.4, 0.5) is 0 Å². The summed E-state index contributed by atoms with van der Waals surface area (Å²) in [6.07, 6.45) is 8.81. The minimum absolute atomic E-state index is 0.317. The predicted molar refractivity (Wildman–Crippen MR) is 220 cm³/mol. The van der Waals surface area contributed by atoms with Gasteiger partial charge in [-0.1, -0.05) is 78.4 Å². The van der Waals surface area contributed by atoms with Crippen LogP contribution in [0.2, 0.25) is 0 Å². The molecular weight excluding hydrogens is 749 g/mol. The average Bonchev–Trinajstić information content (AvgIpc) is 3.55. The molecule has 11 nitrogen and oxygen atoms in total. The first-order valence-electron chi connectivity index (χ1n) is 22.7. The lowest BCUT2D eigenvalue weighted by molar-refractivity contribution is -0.338. The van der Waals surface area contributed by atoms with Gasteiger partial charge in [-0.2, -0.15) is 0 Å². The summed E-state index contributed by atoms with van der Waals surface area (Å²) in [6, 6.07) is 0. The number of unbranched alkanes of at least 4 members (excludes halogenated alkanes) is 3. The molecule has 2 saturated heterocycles. The Labute approximate surface area is 346 Å². The van der Waals surface area contributed by atoms with Crippen LogP contribution in [0, 0.1) is 46.3 Å². The van der Waals surface area contributed by atoms with E-state index >= 15 is 0 Å². The van der Waals surface area contributed by atoms with E-state index in [-0.39, 0.29) is 0 Å². The second-order valence-electron chi connectivity index (χ2n) is 19.8. The van der Waals surface area contributed by atoms with Crippen molar-refractivity contribution in [2.24, 2.45) is 46.3 Å². The van der Waals surface area contributed by atoms with E-state index in [0.29, 0.717) is 22.7 Å². The largest absolute Gasteiger partial charge is 0.394 e. The van der Waals surface area contributed by atoms with Crippen molar-refractivity contribution < 1.29 is 54.7 Å². The quantitative estimate of drug-likeness (QED) is 0.0700. The zero-order valence-corrected chi connectivity index (χ0v) is 36.3. The third kappa shape index (κ3) is 9.99. The molecule has 2 aliphatic heterocycles. The lowest BCUT2D eigenvalue weighted by Gasteiger charge is -2.58. The van der Waals surface area contributed by atoms with E-state index in [1.807, 2.05) is 0 Å². The summed E-state index contributed by atoms with van der Waals surface area (Å²) >= 11 is 1.37. The second kappa shape index (κ2) is 20.2. The Balaban J connectivity index is 0.880. The summed E-state index contributed by atoms with van der Waals surface area (Å²) in [5.41, 5.74) is 1.75. The van der Waals surface area contributed by atoms with Crippen LogP contribution in [0.5, 0.6) is 0 Å². The van der Waals surface area contributed by atoms with Gasteiger partial charge in [0.25, 0.3) is 0 Å². The maximum atomic E-state index is 10.9. The lowest BCUT2D eigenvalue weighted by Crippen LogP contribution is -2.64. The van der Waals surface area contributed by atoms with Crippen molar-refractivity contribution in [3.8, 4) is 0 Å². The van der Waals surface area contributed by atoms with Crippen LogP contribution in [0.3, 0.4) is 0 Å². The molecule has 4 aliphatic carbocycles. The molecule has 3 saturated carbocycles. The van der Waals surface area contributed by atoms with E-state index < -0.39 is 73.8 Å². The smallest absolute Gasteiger partial charge is 0.187 e. The Morgan fingerprint density at radius 2 is 1.53 bits per heavy atom. The van der Waals surface area contributed by atoms with Gasteiger partial charge < -0.3 is 54.7 Å². The first kappa shape index (κ1) is 46.2. The molecule has 6 aliphatic rings. The number of hydrogen-bond donors (Lipinski definition) is 7. The number of rotatable bonds is 18. The standard InChI is InChI=1S/C45H78O11S/c1-26(2)11-10-12-27(3)31-15-16-32-30-14-13-28-23-29(17-19-44(28,4)33(30)18-20-45(31,32)5)53-21-8-6-7-9-22-57-43-40(52)38(50)41(35(25-47)55-43)56-42-39(51)37(49)36(48)34(24-46)54-42/h13,26-27,29-43,46-52H,6-12,14-25H2,1-5H3/t27-,29+,30+,31-,32+,33+,34+,35+,36+,37+,38-,39+,40+,41-,42+,43+,44+,45-/m1/s1. The highest BCUT2D eigenvalue weighted by molar-refractivity contribution is 7.99. The molecule has 2 heterocycles. The van der Waals surface area contributed by atoms with Crippen LogP contribution in [-0.2, 0) is 18.9 Å². The van der Waals surface area contributed by atoms with Gasteiger partial charge in [0.05, 0.1) is 19.3 Å². The predicted octanol–water partition coefficient (Wildman–Crippen LogP) is 5.33. The third-order valence-electron chi connectivity index (χ3n) is 15.9. The molecule has 7 N–H and O–H groups in total. The molecule has 0 radical (unpaired) electrons. The van der Waals surface area contributed by atoms with Gasteiger partial charge >= 0.3 is 0 Å². The van der Waals surface area contributed by atoms with Gasteiger partial charge in [0.15, 0.2) is 6.29 Å². The number of ether oxygens (including phenoxy) is 4. The SMILES string of the molecule is CC(C)CCC[C@@H](C)[C@H]1CC[C@H]2[C@@H]3CC=C4C[C@@H](OCCCCCCS[C@@H]5O[C@@H](CO)[C@@H](O[C@@H]6O[C@@H](CO)[C@H](O)[C@H](O)[C@@H]6O)[C@H](O)[C@@H]5O)CC[C@]4(C)[C@H]3CC[C@]12C. The number of thioether (sulfide) groups is 1. The fourth-order valence-electron chi connectivity index (χ4n) is 12.5. The van der Waals surface area contributed by atoms with Crippen molar-refractivity contribution in [3.05, 3.63) is 11.6 Å². The van der Waals surface area contributed by atoms with Crippen LogP contribution < -0.4 is 0 Å². The number of hydrogen-bond acceptors (Lipinski definition) is 12. The minimum atomic E-state index is -1.68. The van der Waals surface area contributed by atoms with Gasteiger partial charge in [0, 0.05) is 6.61 Å². The van der Waals surface area contributed by atoms with Gasteiger partial charge in [-0.25, -0.2) is 0 Å². The second-order valence-corrected chi connectivity index (χ2v) is 21.0. The molecule has 330 valence electrons. The van der Waals surface area contributed by atoms with E-state index in [1.54, 1.807) is 5.57 Å². The van der Waals surface area contributed by atoms with Crippen LogP contribution in [0.25, 0.3) is 0 Å². The van der Waals surface area contributed by atoms with Gasteiger partial charge in [0.2, 0.25) is 0 Å². The highest BCUT2D eigenvalue weighted by Gasteiger charge is 2.59. The Hall–Kier alpha value is -0.350. The molecular formula is C45H78O11S. The van der Waals surface area contributed by atoms with Crippen molar-refractivity contribution in [2.75, 3.05) is 25.6 Å². The molecule has 12 heteroatoms. The van der Waals surface area contributed by atoms with Crippen LogP contribution in [0.1, 0.15) is 131 Å². The third-order valence-corrected chi connectivity index (χ3v) is 17.1. The maximum absolute atomic E-state index is 10.9. The highest BCUT2D eigenvalue weighted by Crippen LogP contribution is 2.67. The molecule has 0 aromatic rings. The Morgan fingerprint density at radius 3 is 2.26 bits per heavy atom. The van der Waals surface area contributed by atoms with E-state index in [1.165, 1.54) is 69.5 Å². The Bertz CT molecular complexity index is 1280. The molecule has 57 heavy (non-hydrogen) atoms. The van der Waals surface area contributed by atoms with E-state index in [0.717, 1.165) is 80.6 Å². The molecule has 5 fully saturated rings. The van der Waals surface area contributed by atoms with Gasteiger partial charge in [-0.3, -0.25) is 0 Å². The Morgan fingerprint density at radius 1 is 0.772 bits per heavy atom. The Kier molecular flexibility index (Phi) is 16.4. The molecule has 0 aromatic heterocycles. The molecule has 0 bridgehead atoms. The summed E-state index contributed by atoms with van der Waals surface area (Å²) in [7, 11) is 0. The first-order valence-corrected chi connectivity index (χ1v) is 23.8. The van der Waals surface area contributed by atoms with Crippen LogP contribution in [-0.4, -0.2) is 128 Å². The summed E-state index contributed by atoms with van der Waals surface area (Å²) in [4.78, 5) is 0. The molecule has 18 atom stereocenters. The number of allylic oxidation sites excluding steroid dienone is 1. The highest BCUT2D eigenvalue weighted by atomic mass is 32.2. The van der Waals surface area contributed by atoms with Gasteiger partial charge in [-0.15, -0.1) is 11.8 Å². The van der Waals surface area contributed by atoms with E-state index in [4.69, 9.17) is 18.9 Å². The lowest BCUT2D eigenvalue weighted by atomic mass is 9.47. The summed E-state index contributed by atoms with van der Waals surface area (Å²) < 4.78 is 23.5. The topological polar surface area (TPSA) is 179 Å². The first-order chi connectivity index (χ1) is 27.2. The van der Waals surface area contributed by atoms with Crippen molar-refractivity contribution in [1.82, 2.24) is 0 Å². The van der Waals surface area contributed by atoms with Crippen LogP contribution in [0.15, 0.2) is 11.6 Å².